The van der Waals surface area contributed by atoms with Crippen LogP contribution in [0.4, 0.5) is 0 Å². The standard InChI is InChI=1S/C26H19N5O/c1-2-6-17(7-3-1)16-32-21-10-19(13-27-15-21)20-11-22-25(30-31-26(22)28-14-20)24-12-18-8-4-5-9-23(18)29-24/h1-15,29H,16H2,(H,28,30,31). The molecule has 0 fully saturated rings. The summed E-state index contributed by atoms with van der Waals surface area (Å²) < 4.78 is 5.95. The smallest absolute Gasteiger partial charge is 0.181 e. The fourth-order valence-corrected chi connectivity index (χ4v) is 3.87. The van der Waals surface area contributed by atoms with Crippen LogP contribution in [0.1, 0.15) is 5.56 Å². The number of nitrogens with one attached hydrogen (secondary N) is 2. The Morgan fingerprint density at radius 3 is 2.56 bits per heavy atom. The van der Waals surface area contributed by atoms with Crippen molar-refractivity contribution in [3.63, 3.8) is 0 Å². The maximum atomic E-state index is 5.95. The molecule has 2 aromatic carbocycles. The van der Waals surface area contributed by atoms with Gasteiger partial charge in [0.25, 0.3) is 0 Å². The van der Waals surface area contributed by atoms with Crippen molar-refractivity contribution in [2.45, 2.75) is 6.61 Å². The molecule has 0 saturated carbocycles. The predicted molar refractivity (Wildman–Crippen MR) is 125 cm³/mol. The molecule has 0 unspecified atom stereocenters. The Hall–Kier alpha value is -4.45. The Labute approximate surface area is 183 Å². The Morgan fingerprint density at radius 1 is 0.812 bits per heavy atom. The lowest BCUT2D eigenvalue weighted by Crippen LogP contribution is -1.96. The first-order valence-corrected chi connectivity index (χ1v) is 10.4. The van der Waals surface area contributed by atoms with E-state index in [0.717, 1.165) is 50.1 Å². The van der Waals surface area contributed by atoms with E-state index in [4.69, 9.17) is 4.74 Å². The van der Waals surface area contributed by atoms with Gasteiger partial charge in [0.1, 0.15) is 12.4 Å². The fourth-order valence-electron chi connectivity index (χ4n) is 3.87. The molecule has 4 heterocycles. The molecule has 0 aliphatic heterocycles. The fraction of sp³-hybridized carbons (Fsp3) is 0.0385. The van der Waals surface area contributed by atoms with E-state index in [9.17, 15) is 0 Å². The van der Waals surface area contributed by atoms with Gasteiger partial charge < -0.3 is 9.72 Å². The average molecular weight is 417 g/mol. The molecule has 0 amide bonds. The minimum absolute atomic E-state index is 0.496. The second-order valence-corrected chi connectivity index (χ2v) is 7.65. The van der Waals surface area contributed by atoms with Crippen LogP contribution in [0.25, 0.3) is 44.5 Å². The highest BCUT2D eigenvalue weighted by atomic mass is 16.5. The first kappa shape index (κ1) is 18.3. The summed E-state index contributed by atoms with van der Waals surface area (Å²) in [7, 11) is 0. The van der Waals surface area contributed by atoms with Crippen LogP contribution >= 0.6 is 0 Å². The van der Waals surface area contributed by atoms with Crippen molar-refractivity contribution in [3.8, 4) is 28.3 Å². The third-order valence-electron chi connectivity index (χ3n) is 5.50. The maximum Gasteiger partial charge on any atom is 0.181 e. The summed E-state index contributed by atoms with van der Waals surface area (Å²) in [5.41, 5.74) is 6.65. The number of aromatic nitrogens is 5. The van der Waals surface area contributed by atoms with E-state index in [1.165, 1.54) is 0 Å². The van der Waals surface area contributed by atoms with Crippen molar-refractivity contribution < 1.29 is 4.74 Å². The normalized spacial score (nSPS) is 11.2. The van der Waals surface area contributed by atoms with Gasteiger partial charge in [-0.05, 0) is 29.8 Å². The number of hydrogen-bond donors (Lipinski definition) is 2. The SMILES string of the molecule is c1ccc(COc2cncc(-c3cnc4n[nH]c(-c5cc6ccccc6[nH]5)c4c3)c2)cc1. The van der Waals surface area contributed by atoms with Crippen molar-refractivity contribution in [1.29, 1.82) is 0 Å². The zero-order valence-electron chi connectivity index (χ0n) is 17.1. The molecule has 0 aliphatic carbocycles. The van der Waals surface area contributed by atoms with Crippen LogP contribution < -0.4 is 4.74 Å². The van der Waals surface area contributed by atoms with Gasteiger partial charge in [0.05, 0.1) is 17.6 Å². The molecule has 6 aromatic rings. The van der Waals surface area contributed by atoms with E-state index >= 15 is 0 Å². The molecule has 6 rings (SSSR count). The van der Waals surface area contributed by atoms with Crippen LogP contribution in [0.15, 0.2) is 91.4 Å². The van der Waals surface area contributed by atoms with Crippen molar-refractivity contribution in [2.24, 2.45) is 0 Å². The number of aromatic amines is 2. The second kappa shape index (κ2) is 7.67. The Morgan fingerprint density at radius 2 is 1.66 bits per heavy atom. The lowest BCUT2D eigenvalue weighted by molar-refractivity contribution is 0.305. The van der Waals surface area contributed by atoms with Crippen LogP contribution in [-0.4, -0.2) is 25.1 Å². The van der Waals surface area contributed by atoms with Gasteiger partial charge in [-0.2, -0.15) is 5.10 Å². The number of ether oxygens (including phenoxy) is 1. The summed E-state index contributed by atoms with van der Waals surface area (Å²) in [6, 6.07) is 24.5. The molecule has 0 spiro atoms. The minimum Gasteiger partial charge on any atom is -0.487 e. The molecule has 0 atom stereocenters. The van der Waals surface area contributed by atoms with Gasteiger partial charge in [-0.25, -0.2) is 4.98 Å². The summed E-state index contributed by atoms with van der Waals surface area (Å²) >= 11 is 0. The van der Waals surface area contributed by atoms with Gasteiger partial charge in [-0.1, -0.05) is 48.5 Å². The number of fused-ring (bicyclic) bond motifs is 2. The summed E-state index contributed by atoms with van der Waals surface area (Å²) in [6.45, 7) is 0.496. The van der Waals surface area contributed by atoms with Gasteiger partial charge in [0.15, 0.2) is 5.65 Å². The van der Waals surface area contributed by atoms with Crippen LogP contribution in [-0.2, 0) is 6.61 Å². The molecule has 0 bridgehead atoms. The molecule has 6 heteroatoms. The number of hydrogen-bond acceptors (Lipinski definition) is 4. The summed E-state index contributed by atoms with van der Waals surface area (Å²) in [4.78, 5) is 12.4. The second-order valence-electron chi connectivity index (χ2n) is 7.65. The number of rotatable bonds is 5. The molecule has 154 valence electrons. The van der Waals surface area contributed by atoms with E-state index in [0.29, 0.717) is 12.3 Å². The van der Waals surface area contributed by atoms with E-state index in [1.807, 2.05) is 60.9 Å². The number of para-hydroxylation sites is 1. The highest BCUT2D eigenvalue weighted by molar-refractivity contribution is 5.95. The molecular formula is C26H19N5O. The molecule has 32 heavy (non-hydrogen) atoms. The predicted octanol–water partition coefficient (Wildman–Crippen LogP) is 5.75. The largest absolute Gasteiger partial charge is 0.487 e. The lowest BCUT2D eigenvalue weighted by Gasteiger charge is -2.08. The van der Waals surface area contributed by atoms with Crippen LogP contribution in [0.5, 0.6) is 5.75 Å². The molecule has 2 N–H and O–H groups in total. The van der Waals surface area contributed by atoms with E-state index in [2.05, 4.69) is 49.4 Å². The van der Waals surface area contributed by atoms with Crippen LogP contribution in [0.3, 0.4) is 0 Å². The molecule has 4 aromatic heterocycles. The highest BCUT2D eigenvalue weighted by Gasteiger charge is 2.13. The summed E-state index contributed by atoms with van der Waals surface area (Å²) in [5, 5.41) is 9.62. The van der Waals surface area contributed by atoms with Gasteiger partial charge >= 0.3 is 0 Å². The van der Waals surface area contributed by atoms with E-state index in [1.54, 1.807) is 6.20 Å². The Kier molecular flexibility index (Phi) is 4.39. The average Bonchev–Trinajstić information content (AvgIpc) is 3.47. The first-order chi connectivity index (χ1) is 15.8. The van der Waals surface area contributed by atoms with Gasteiger partial charge in [0, 0.05) is 39.8 Å². The molecular weight excluding hydrogens is 398 g/mol. The van der Waals surface area contributed by atoms with Gasteiger partial charge in [-0.15, -0.1) is 0 Å². The van der Waals surface area contributed by atoms with Crippen molar-refractivity contribution in [2.75, 3.05) is 0 Å². The Bertz CT molecular complexity index is 1500. The maximum absolute atomic E-state index is 5.95. The van der Waals surface area contributed by atoms with Crippen molar-refractivity contribution in [3.05, 3.63) is 97.0 Å². The Balaban J connectivity index is 1.34. The third kappa shape index (κ3) is 3.37. The molecule has 0 radical (unpaired) electrons. The monoisotopic (exact) mass is 417 g/mol. The zero-order chi connectivity index (χ0) is 21.3. The van der Waals surface area contributed by atoms with E-state index in [-0.39, 0.29) is 0 Å². The van der Waals surface area contributed by atoms with E-state index < -0.39 is 0 Å². The number of nitrogens with zero attached hydrogens (tertiary/aromatic N) is 3. The minimum atomic E-state index is 0.496. The number of H-pyrrole nitrogens is 2. The molecule has 0 aliphatic rings. The quantitative estimate of drug-likeness (QED) is 0.374. The lowest BCUT2D eigenvalue weighted by atomic mass is 10.1. The van der Waals surface area contributed by atoms with Crippen molar-refractivity contribution >= 4 is 21.9 Å². The van der Waals surface area contributed by atoms with Gasteiger partial charge in [0.2, 0.25) is 0 Å². The zero-order valence-corrected chi connectivity index (χ0v) is 17.1. The number of pyridine rings is 2. The van der Waals surface area contributed by atoms with Crippen molar-refractivity contribution in [1.82, 2.24) is 25.1 Å². The molecule has 6 nitrogen and oxygen atoms in total. The highest BCUT2D eigenvalue weighted by Crippen LogP contribution is 2.31. The summed E-state index contributed by atoms with van der Waals surface area (Å²) in [6.07, 6.45) is 5.36. The van der Waals surface area contributed by atoms with Gasteiger partial charge in [-0.3, -0.25) is 10.1 Å². The summed E-state index contributed by atoms with van der Waals surface area (Å²) in [5.74, 6) is 0.717. The number of benzene rings is 2. The molecule has 0 saturated heterocycles. The van der Waals surface area contributed by atoms with Crippen LogP contribution in [0, 0.1) is 0 Å². The topological polar surface area (TPSA) is 79.5 Å². The third-order valence-corrected chi connectivity index (χ3v) is 5.50. The van der Waals surface area contributed by atoms with Crippen LogP contribution in [0.2, 0.25) is 0 Å². The first-order valence-electron chi connectivity index (χ1n) is 10.4.